The number of anilines is 2. The van der Waals surface area contributed by atoms with Crippen LogP contribution in [0.15, 0.2) is 12.1 Å². The van der Waals surface area contributed by atoms with E-state index in [1.165, 1.54) is 6.07 Å². The smallest absolute Gasteiger partial charge is 0.311 e. The lowest BCUT2D eigenvalue weighted by molar-refractivity contribution is -0.384. The normalized spacial score (nSPS) is 11.2. The van der Waals surface area contributed by atoms with Gasteiger partial charge in [0.2, 0.25) is 5.82 Å². The number of hydrogen-bond acceptors (Lipinski definition) is 6. The minimum atomic E-state index is -0.960. The minimum Gasteiger partial charge on any atom is -0.389 e. The second-order valence-electron chi connectivity index (χ2n) is 5.00. The van der Waals surface area contributed by atoms with E-state index in [2.05, 4.69) is 10.3 Å². The molecule has 0 saturated carbocycles. The summed E-state index contributed by atoms with van der Waals surface area (Å²) in [5.74, 6) is 0.816. The molecule has 0 saturated heterocycles. The Balaban J connectivity index is 3.13. The zero-order chi connectivity index (χ0) is 14.6. The van der Waals surface area contributed by atoms with Gasteiger partial charge in [0.15, 0.2) is 0 Å². The van der Waals surface area contributed by atoms with Crippen LogP contribution in [0.2, 0.25) is 0 Å². The first-order valence-corrected chi connectivity index (χ1v) is 6.07. The fourth-order valence-electron chi connectivity index (χ4n) is 1.80. The van der Waals surface area contributed by atoms with Gasteiger partial charge in [-0.3, -0.25) is 10.1 Å². The number of aromatic nitrogens is 1. The number of pyridine rings is 1. The average Bonchev–Trinajstić information content (AvgIpc) is 2.26. The highest BCUT2D eigenvalue weighted by molar-refractivity contribution is 5.61. The van der Waals surface area contributed by atoms with Crippen LogP contribution in [0.3, 0.4) is 0 Å². The molecule has 0 aliphatic heterocycles. The summed E-state index contributed by atoms with van der Waals surface area (Å²) < 4.78 is 0. The van der Waals surface area contributed by atoms with E-state index in [4.69, 9.17) is 0 Å². The van der Waals surface area contributed by atoms with Crippen molar-refractivity contribution in [1.29, 1.82) is 0 Å². The molecule has 1 rings (SSSR count). The molecule has 7 nitrogen and oxygen atoms in total. The number of nitrogens with zero attached hydrogens (tertiary/aromatic N) is 3. The fourth-order valence-corrected chi connectivity index (χ4v) is 1.80. The number of nitro groups is 1. The predicted molar refractivity (Wildman–Crippen MR) is 74.6 cm³/mol. The van der Waals surface area contributed by atoms with E-state index < -0.39 is 10.5 Å². The van der Waals surface area contributed by atoms with Crippen LogP contribution in [0, 0.1) is 10.1 Å². The van der Waals surface area contributed by atoms with Crippen LogP contribution in [0.5, 0.6) is 0 Å². The molecule has 0 unspecified atom stereocenters. The quantitative estimate of drug-likeness (QED) is 0.602. The number of nitrogens with one attached hydrogen (secondary N) is 1. The summed E-state index contributed by atoms with van der Waals surface area (Å²) in [4.78, 5) is 16.4. The maximum absolute atomic E-state index is 11.0. The van der Waals surface area contributed by atoms with Crippen molar-refractivity contribution in [3.63, 3.8) is 0 Å². The van der Waals surface area contributed by atoms with Crippen LogP contribution in [0.1, 0.15) is 20.8 Å². The zero-order valence-corrected chi connectivity index (χ0v) is 11.7. The van der Waals surface area contributed by atoms with Gasteiger partial charge in [-0.1, -0.05) is 0 Å². The Labute approximate surface area is 112 Å². The second-order valence-corrected chi connectivity index (χ2v) is 5.00. The van der Waals surface area contributed by atoms with Crippen molar-refractivity contribution in [2.75, 3.05) is 30.4 Å². The molecule has 0 aliphatic carbocycles. The van der Waals surface area contributed by atoms with Gasteiger partial charge in [0.25, 0.3) is 0 Å². The number of aliphatic hydroxyl groups is 1. The molecule has 0 aromatic carbocycles. The van der Waals surface area contributed by atoms with Gasteiger partial charge in [-0.05, 0) is 26.8 Å². The Bertz CT molecular complexity index is 457. The van der Waals surface area contributed by atoms with Crippen molar-refractivity contribution in [2.24, 2.45) is 0 Å². The third-order valence-electron chi connectivity index (χ3n) is 2.39. The van der Waals surface area contributed by atoms with Gasteiger partial charge in [-0.15, -0.1) is 0 Å². The van der Waals surface area contributed by atoms with E-state index in [1.807, 2.05) is 6.92 Å². The third-order valence-corrected chi connectivity index (χ3v) is 2.39. The molecular formula is C12H20N4O3. The summed E-state index contributed by atoms with van der Waals surface area (Å²) >= 11 is 0. The highest BCUT2D eigenvalue weighted by Gasteiger charge is 2.24. The summed E-state index contributed by atoms with van der Waals surface area (Å²) in [7, 11) is 1.67. The number of likely N-dealkylation sites (N-methyl/N-ethyl adjacent to an activating group) is 1. The Morgan fingerprint density at radius 3 is 2.63 bits per heavy atom. The van der Waals surface area contributed by atoms with Crippen LogP contribution >= 0.6 is 0 Å². The van der Waals surface area contributed by atoms with Crippen LogP contribution in [0.4, 0.5) is 17.3 Å². The van der Waals surface area contributed by atoms with Crippen LogP contribution in [-0.2, 0) is 0 Å². The van der Waals surface area contributed by atoms with Crippen molar-refractivity contribution in [3.8, 4) is 0 Å². The molecule has 106 valence electrons. The molecule has 0 aliphatic rings. The Morgan fingerprint density at radius 2 is 2.16 bits per heavy atom. The molecule has 1 heterocycles. The van der Waals surface area contributed by atoms with Crippen LogP contribution in [-0.4, -0.2) is 40.8 Å². The highest BCUT2D eigenvalue weighted by Crippen LogP contribution is 2.27. The lowest BCUT2D eigenvalue weighted by Gasteiger charge is -2.26. The van der Waals surface area contributed by atoms with E-state index >= 15 is 0 Å². The highest BCUT2D eigenvalue weighted by atomic mass is 16.6. The first-order chi connectivity index (χ1) is 8.74. The summed E-state index contributed by atoms with van der Waals surface area (Å²) in [6.07, 6.45) is 0. The first kappa shape index (κ1) is 15.2. The van der Waals surface area contributed by atoms with Gasteiger partial charge in [-0.25, -0.2) is 4.98 Å². The largest absolute Gasteiger partial charge is 0.389 e. The van der Waals surface area contributed by atoms with E-state index in [9.17, 15) is 15.2 Å². The van der Waals surface area contributed by atoms with Crippen molar-refractivity contribution >= 4 is 17.3 Å². The topological polar surface area (TPSA) is 91.5 Å². The van der Waals surface area contributed by atoms with Crippen molar-refractivity contribution < 1.29 is 10.0 Å². The SMILES string of the molecule is CCNc1ccc([N+](=O)[O-])c(N(C)CC(C)(C)O)n1. The molecule has 0 spiro atoms. The summed E-state index contributed by atoms with van der Waals surface area (Å²) in [5.41, 5.74) is -1.04. The maximum atomic E-state index is 11.0. The monoisotopic (exact) mass is 268 g/mol. The van der Waals surface area contributed by atoms with Crippen molar-refractivity contribution in [3.05, 3.63) is 22.2 Å². The summed E-state index contributed by atoms with van der Waals surface area (Å²) in [5, 5.41) is 23.8. The molecule has 0 fully saturated rings. The van der Waals surface area contributed by atoms with Crippen LogP contribution < -0.4 is 10.2 Å². The van der Waals surface area contributed by atoms with E-state index in [0.717, 1.165) is 0 Å². The molecule has 0 amide bonds. The van der Waals surface area contributed by atoms with E-state index in [-0.39, 0.29) is 18.1 Å². The predicted octanol–water partition coefficient (Wildman–Crippen LogP) is 1.63. The summed E-state index contributed by atoms with van der Waals surface area (Å²) in [6, 6.07) is 2.99. The van der Waals surface area contributed by atoms with Gasteiger partial charge >= 0.3 is 5.69 Å². The van der Waals surface area contributed by atoms with Gasteiger partial charge in [0.05, 0.1) is 10.5 Å². The third kappa shape index (κ3) is 4.36. The molecule has 0 radical (unpaired) electrons. The van der Waals surface area contributed by atoms with E-state index in [1.54, 1.807) is 31.9 Å². The number of rotatable bonds is 6. The van der Waals surface area contributed by atoms with Crippen molar-refractivity contribution in [2.45, 2.75) is 26.4 Å². The molecule has 1 aromatic rings. The number of hydrogen-bond donors (Lipinski definition) is 2. The van der Waals surface area contributed by atoms with Gasteiger partial charge < -0.3 is 15.3 Å². The maximum Gasteiger partial charge on any atom is 0.311 e. The zero-order valence-electron chi connectivity index (χ0n) is 11.7. The first-order valence-electron chi connectivity index (χ1n) is 6.07. The molecule has 1 aromatic heterocycles. The Morgan fingerprint density at radius 1 is 1.53 bits per heavy atom. The Kier molecular flexibility index (Phi) is 4.66. The Hall–Kier alpha value is -1.89. The summed E-state index contributed by atoms with van der Waals surface area (Å²) in [6.45, 7) is 6.13. The molecule has 0 atom stereocenters. The lowest BCUT2D eigenvalue weighted by atomic mass is 10.1. The molecule has 19 heavy (non-hydrogen) atoms. The molecule has 7 heteroatoms. The van der Waals surface area contributed by atoms with Gasteiger partial charge in [-0.2, -0.15) is 0 Å². The van der Waals surface area contributed by atoms with E-state index in [0.29, 0.717) is 12.4 Å². The fraction of sp³-hybridized carbons (Fsp3) is 0.583. The van der Waals surface area contributed by atoms with Crippen molar-refractivity contribution in [1.82, 2.24) is 4.98 Å². The average molecular weight is 268 g/mol. The molecule has 2 N–H and O–H groups in total. The second kappa shape index (κ2) is 5.83. The molecule has 0 bridgehead atoms. The standard InChI is InChI=1S/C12H20N4O3/c1-5-13-10-7-6-9(16(18)19)11(14-10)15(4)8-12(2,3)17/h6-7,17H,5,8H2,1-4H3,(H,13,14). The van der Waals surface area contributed by atoms with Gasteiger partial charge in [0.1, 0.15) is 5.82 Å². The molecular weight excluding hydrogens is 248 g/mol. The van der Waals surface area contributed by atoms with Crippen LogP contribution in [0.25, 0.3) is 0 Å². The minimum absolute atomic E-state index is 0.0756. The lowest BCUT2D eigenvalue weighted by Crippen LogP contribution is -2.37. The van der Waals surface area contributed by atoms with Gasteiger partial charge in [0, 0.05) is 26.2 Å².